The highest BCUT2D eigenvalue weighted by Crippen LogP contribution is 2.42. The van der Waals surface area contributed by atoms with Crippen LogP contribution >= 0.6 is 19.9 Å². The molecule has 0 bridgehead atoms. The van der Waals surface area contributed by atoms with Gasteiger partial charge in [0.2, 0.25) is 0 Å². The van der Waals surface area contributed by atoms with E-state index < -0.39 is 42.7 Å². The smallest absolute Gasteiger partial charge is 0.350 e. The number of hydrogen-bond acceptors (Lipinski definition) is 10. The van der Waals surface area contributed by atoms with Gasteiger partial charge in [0, 0.05) is 6.20 Å². The Balaban J connectivity index is 1.88. The van der Waals surface area contributed by atoms with Crippen molar-refractivity contribution in [2.75, 3.05) is 18.9 Å². The molecule has 1 aromatic heterocycles. The predicted molar refractivity (Wildman–Crippen MR) is 99.5 cm³/mol. The van der Waals surface area contributed by atoms with Crippen LogP contribution in [0.5, 0.6) is 0 Å². The molecule has 1 saturated heterocycles. The number of nitrogens with two attached hydrogens (primary N) is 1. The van der Waals surface area contributed by atoms with Gasteiger partial charge in [0.05, 0.1) is 24.1 Å². The average molecular weight is 422 g/mol. The summed E-state index contributed by atoms with van der Waals surface area (Å²) in [6.45, 7) is 2.97. The first kappa shape index (κ1) is 21.9. The van der Waals surface area contributed by atoms with Crippen molar-refractivity contribution in [3.8, 4) is 0 Å². The molecule has 2 heterocycles. The summed E-state index contributed by atoms with van der Waals surface area (Å²) in [7, 11) is -2.75. The Kier molecular flexibility index (Phi) is 7.83. The maximum atomic E-state index is 11.9. The lowest BCUT2D eigenvalue weighted by molar-refractivity contribution is -0.145. The number of carbonyl (C=O) groups excluding carboxylic acids is 1. The number of aliphatic hydroxyl groups is 2. The van der Waals surface area contributed by atoms with Crippen LogP contribution in [0.1, 0.15) is 19.2 Å². The van der Waals surface area contributed by atoms with E-state index in [9.17, 15) is 24.4 Å². The van der Waals surface area contributed by atoms with E-state index in [1.54, 1.807) is 13.8 Å². The minimum Gasteiger partial charge on any atom is -0.462 e. The lowest BCUT2D eigenvalue weighted by atomic mass is 10.1. The van der Waals surface area contributed by atoms with Gasteiger partial charge in [0.1, 0.15) is 23.8 Å². The minimum absolute atomic E-state index is 0.0508. The molecule has 0 amide bonds. The van der Waals surface area contributed by atoms with Gasteiger partial charge < -0.3 is 25.2 Å². The quantitative estimate of drug-likeness (QED) is 0.303. The Hall–Kier alpha value is -1.43. The number of rotatable bonds is 8. The van der Waals surface area contributed by atoms with Gasteiger partial charge in [-0.05, 0) is 19.9 Å². The molecule has 5 atom stereocenters. The van der Waals surface area contributed by atoms with E-state index >= 15 is 0 Å². The second-order valence-corrected chi connectivity index (χ2v) is 8.66. The summed E-state index contributed by atoms with van der Waals surface area (Å²) in [5.74, 6) is -0.511. The maximum absolute atomic E-state index is 11.9. The average Bonchev–Trinajstić information content (AvgIpc) is 2.86. The number of carbonyl (C=O) groups is 1. The fraction of sp³-hybridized carbons (Fsp3) is 0.643. The van der Waals surface area contributed by atoms with Gasteiger partial charge in [-0.2, -0.15) is 4.98 Å². The fourth-order valence-corrected chi connectivity index (χ4v) is 4.66. The van der Waals surface area contributed by atoms with Gasteiger partial charge in [-0.25, -0.2) is 9.88 Å². The number of nitrogen functional groups attached to an aromatic ring is 1. The topological polar surface area (TPSA) is 166 Å². The first-order valence-electron chi connectivity index (χ1n) is 8.15. The summed E-state index contributed by atoms with van der Waals surface area (Å²) in [6, 6.07) is 1.41. The first-order valence-corrected chi connectivity index (χ1v) is 10.4. The summed E-state index contributed by atoms with van der Waals surface area (Å²) >= 11 is 1.09. The molecule has 0 radical (unpaired) electrons. The van der Waals surface area contributed by atoms with Gasteiger partial charge in [0.15, 0.2) is 0 Å². The number of aliphatic hydroxyl groups excluding tert-OH is 2. The van der Waals surface area contributed by atoms with Gasteiger partial charge in [-0.3, -0.25) is 13.9 Å². The number of anilines is 1. The minimum atomic E-state index is -2.75. The monoisotopic (exact) mass is 422 g/mol. The van der Waals surface area contributed by atoms with Crippen molar-refractivity contribution in [3.63, 3.8) is 0 Å². The molecule has 0 aliphatic carbocycles. The molecule has 1 unspecified atom stereocenters. The second-order valence-electron chi connectivity index (χ2n) is 6.08. The van der Waals surface area contributed by atoms with Crippen LogP contribution in [0.15, 0.2) is 17.1 Å². The lowest BCUT2D eigenvalue weighted by Crippen LogP contribution is -2.36. The molecule has 5 N–H and O–H groups in total. The zero-order chi connectivity index (χ0) is 20.1. The third-order valence-corrected chi connectivity index (χ3v) is 6.03. The van der Waals surface area contributed by atoms with E-state index in [-0.39, 0.29) is 25.1 Å². The van der Waals surface area contributed by atoms with Crippen LogP contribution in [-0.4, -0.2) is 62.4 Å². The number of hydrogen-bond donors (Lipinski definition) is 4. The van der Waals surface area contributed by atoms with E-state index in [0.717, 1.165) is 16.3 Å². The number of thioether (sulfide) groups is 1. The SMILES string of the molecule is CC(C)OC(=O)CN[PH](=O)OC[C@H]1S[C@@H](n2ccc(N)nc2=O)[C@@H](O)[C@@H]1O. The molecule has 1 fully saturated rings. The highest BCUT2D eigenvalue weighted by molar-refractivity contribution is 8.00. The predicted octanol–water partition coefficient (Wildman–Crippen LogP) is -0.891. The standard InChI is InChI=1S/C14H23N4O7PS/c1-7(2)25-10(19)5-16-26(23)24-6-8-11(20)12(21)13(27-8)18-4-3-9(15)17-14(18)22/h3-4,7-8,11-13,20-21,26H,5-6H2,1-2H3,(H,16,23)(H2,15,17,22)/t8-,11-,12+,13-/m1/s1. The molecular weight excluding hydrogens is 399 g/mol. The first-order chi connectivity index (χ1) is 12.7. The number of esters is 1. The molecule has 0 saturated carbocycles. The van der Waals surface area contributed by atoms with E-state index in [2.05, 4.69) is 10.1 Å². The molecule has 0 spiro atoms. The molecule has 1 aliphatic heterocycles. The van der Waals surface area contributed by atoms with E-state index in [1.807, 2.05) is 0 Å². The second kappa shape index (κ2) is 9.67. The molecule has 13 heteroatoms. The summed E-state index contributed by atoms with van der Waals surface area (Å²) in [6.07, 6.45) is -1.35. The van der Waals surface area contributed by atoms with Crippen molar-refractivity contribution in [1.82, 2.24) is 14.6 Å². The maximum Gasteiger partial charge on any atom is 0.350 e. The summed E-state index contributed by atoms with van der Waals surface area (Å²) in [4.78, 5) is 26.9. The van der Waals surface area contributed by atoms with E-state index in [0.29, 0.717) is 0 Å². The van der Waals surface area contributed by atoms with Crippen LogP contribution in [0.2, 0.25) is 0 Å². The van der Waals surface area contributed by atoms with Gasteiger partial charge in [0.25, 0.3) is 8.18 Å². The highest BCUT2D eigenvalue weighted by atomic mass is 32.2. The van der Waals surface area contributed by atoms with Crippen molar-refractivity contribution in [2.24, 2.45) is 0 Å². The van der Waals surface area contributed by atoms with E-state index in [1.165, 1.54) is 12.3 Å². The normalized spacial score (nSPS) is 26.3. The summed E-state index contributed by atoms with van der Waals surface area (Å²) in [5, 5.41) is 21.4. The molecular formula is C14H23N4O7PS. The summed E-state index contributed by atoms with van der Waals surface area (Å²) < 4.78 is 23.0. The zero-order valence-corrected chi connectivity index (χ0v) is 16.6. The third kappa shape index (κ3) is 6.03. The Labute approximate surface area is 160 Å². The molecule has 11 nitrogen and oxygen atoms in total. The van der Waals surface area contributed by atoms with Crippen molar-refractivity contribution >= 4 is 31.7 Å². The van der Waals surface area contributed by atoms with E-state index in [4.69, 9.17) is 15.0 Å². The Morgan fingerprint density at radius 1 is 1.48 bits per heavy atom. The summed E-state index contributed by atoms with van der Waals surface area (Å²) in [5.41, 5.74) is 4.78. The Bertz CT molecular complexity index is 746. The van der Waals surface area contributed by atoms with Crippen LogP contribution in [0.25, 0.3) is 0 Å². The number of ether oxygens (including phenoxy) is 1. The molecule has 2 rings (SSSR count). The number of aromatic nitrogens is 2. The van der Waals surface area contributed by atoms with Crippen molar-refractivity contribution in [2.45, 2.75) is 42.8 Å². The van der Waals surface area contributed by atoms with Crippen LogP contribution in [0.3, 0.4) is 0 Å². The number of nitrogens with zero attached hydrogens (tertiary/aromatic N) is 2. The molecule has 1 aromatic rings. The van der Waals surface area contributed by atoms with Gasteiger partial charge >= 0.3 is 11.7 Å². The Morgan fingerprint density at radius 3 is 2.81 bits per heavy atom. The van der Waals surface area contributed by atoms with Crippen molar-refractivity contribution in [1.29, 1.82) is 0 Å². The van der Waals surface area contributed by atoms with Crippen LogP contribution in [0.4, 0.5) is 5.82 Å². The van der Waals surface area contributed by atoms with Gasteiger partial charge in [-0.15, -0.1) is 11.8 Å². The van der Waals surface area contributed by atoms with Gasteiger partial charge in [-0.1, -0.05) is 0 Å². The number of nitrogens with one attached hydrogen (secondary N) is 1. The molecule has 0 aromatic carbocycles. The zero-order valence-electron chi connectivity index (χ0n) is 14.8. The van der Waals surface area contributed by atoms with Crippen LogP contribution in [-0.2, 0) is 18.6 Å². The molecule has 1 aliphatic rings. The van der Waals surface area contributed by atoms with Crippen molar-refractivity contribution in [3.05, 3.63) is 22.7 Å². The fourth-order valence-electron chi connectivity index (χ4n) is 2.37. The Morgan fingerprint density at radius 2 is 2.19 bits per heavy atom. The van der Waals surface area contributed by atoms with Crippen LogP contribution < -0.4 is 16.5 Å². The third-order valence-electron chi connectivity index (χ3n) is 3.59. The largest absolute Gasteiger partial charge is 0.462 e. The molecule has 27 heavy (non-hydrogen) atoms. The lowest BCUT2D eigenvalue weighted by Gasteiger charge is -2.17. The highest BCUT2D eigenvalue weighted by Gasteiger charge is 2.44. The van der Waals surface area contributed by atoms with Crippen molar-refractivity contribution < 1.29 is 28.8 Å². The molecule has 152 valence electrons. The van der Waals surface area contributed by atoms with Crippen LogP contribution in [0, 0.1) is 0 Å².